The van der Waals surface area contributed by atoms with E-state index < -0.39 is 64.2 Å². The number of carbonyl (C=O) groups is 5. The molecular formula is C55H63Cl2N10O14PS2. The van der Waals surface area contributed by atoms with Gasteiger partial charge in [-0.3, -0.25) is 24.0 Å². The number of nitrogens with zero attached hydrogens (tertiary/aromatic N) is 9. The van der Waals surface area contributed by atoms with Gasteiger partial charge in [-0.15, -0.1) is 7.92 Å². The minimum absolute atomic E-state index is 0.00408. The van der Waals surface area contributed by atoms with E-state index in [4.69, 9.17) is 59.3 Å². The maximum absolute atomic E-state index is 13.6. The normalized spacial score (nSPS) is 11.5. The zero-order valence-electron chi connectivity index (χ0n) is 47.0. The van der Waals surface area contributed by atoms with E-state index in [0.29, 0.717) is 18.5 Å². The molecule has 0 spiro atoms. The van der Waals surface area contributed by atoms with Crippen molar-refractivity contribution in [2.75, 3.05) is 60.5 Å². The van der Waals surface area contributed by atoms with Gasteiger partial charge in [0.2, 0.25) is 11.6 Å². The number of ether oxygens (including phenoxy) is 2. The average Bonchev–Trinajstić information content (AvgIpc) is 1.41. The number of ketones is 2. The molecule has 0 amide bonds. The molecule has 4 aromatic heterocycles. The van der Waals surface area contributed by atoms with E-state index in [1.54, 1.807) is 30.3 Å². The molecular weight excluding hydrogens is 1190 g/mol. The topological polar surface area (TPSA) is 366 Å². The second kappa shape index (κ2) is 30.8. The highest BCUT2D eigenvalue weighted by molar-refractivity contribution is 7.93. The van der Waals surface area contributed by atoms with E-state index >= 15 is 0 Å². The van der Waals surface area contributed by atoms with Gasteiger partial charge in [0.15, 0.2) is 0 Å². The molecule has 0 aliphatic rings. The van der Waals surface area contributed by atoms with Crippen LogP contribution in [0.5, 0.6) is 0 Å². The standard InChI is InChI=1S/C23H23ClN6O4S.C23H25ClN4O4S.C9H15O6P/c1-23(2,3)15-8-10-17(11-9-15)35(32,33)30(14-34-4)19-12-16(24)13-26-21(19)22(31)18-6-5-7-20(27-18)28-29-25;1-23(2,3)15-8-10-17(11-9-15)33(30,31)28(14-32-4)19-12-16(24)13-26-21(19)22(29)18-6-5-7-20(25)27-18;10-7(11)1-4-16(5-2-8(12)13)6-3-9(14)15/h5-13H,14H2,1-4H3;5-13H,14H2,1-4H3,(H2,25,27);1-6H2,(H,10,11)(H,12,13)(H,14,15). The first kappa shape index (κ1) is 68.8. The first-order valence-electron chi connectivity index (χ1n) is 25.1. The number of aromatic nitrogens is 4. The Morgan fingerprint density at radius 2 is 0.988 bits per heavy atom. The monoisotopic (exact) mass is 1250 g/mol. The van der Waals surface area contributed by atoms with Crippen LogP contribution in [0.1, 0.15) is 104 Å². The zero-order chi connectivity index (χ0) is 62.7. The molecule has 0 saturated heterocycles. The molecule has 84 heavy (non-hydrogen) atoms. The van der Waals surface area contributed by atoms with Crippen LogP contribution >= 0.6 is 31.1 Å². The number of carboxylic acid groups (broad SMARTS) is 3. The summed E-state index contributed by atoms with van der Waals surface area (Å²) < 4.78 is 66.7. The summed E-state index contributed by atoms with van der Waals surface area (Å²) in [5.41, 5.74) is 15.4. The summed E-state index contributed by atoms with van der Waals surface area (Å²) in [5.74, 6) is -3.96. The molecule has 0 unspecified atom stereocenters. The molecule has 0 aliphatic heterocycles. The number of pyridine rings is 4. The molecule has 0 aliphatic carbocycles. The highest BCUT2D eigenvalue weighted by Gasteiger charge is 2.33. The maximum Gasteiger partial charge on any atom is 0.303 e. The van der Waals surface area contributed by atoms with E-state index in [0.717, 1.165) is 19.7 Å². The molecule has 448 valence electrons. The molecule has 4 heterocycles. The van der Waals surface area contributed by atoms with Crippen LogP contribution in [0, 0.1) is 0 Å². The van der Waals surface area contributed by atoms with Gasteiger partial charge >= 0.3 is 17.9 Å². The Labute approximate surface area is 497 Å². The van der Waals surface area contributed by atoms with E-state index in [-0.39, 0.29) is 102 Å². The van der Waals surface area contributed by atoms with Crippen molar-refractivity contribution in [1.29, 1.82) is 0 Å². The average molecular weight is 1250 g/mol. The smallest absolute Gasteiger partial charge is 0.303 e. The maximum atomic E-state index is 13.6. The summed E-state index contributed by atoms with van der Waals surface area (Å²) in [4.78, 5) is 76.5. The number of nitrogen functional groups attached to an aromatic ring is 1. The number of nitrogens with two attached hydrogens (primary N) is 1. The number of sulfonamides is 2. The number of carboxylic acids is 3. The lowest BCUT2D eigenvalue weighted by atomic mass is 9.87. The third kappa shape index (κ3) is 19.7. The number of aliphatic carboxylic acids is 3. The number of carbonyl (C=O) groups excluding carboxylic acids is 2. The fourth-order valence-corrected chi connectivity index (χ4v) is 12.7. The molecule has 0 atom stereocenters. The molecule has 2 aromatic carbocycles. The Hall–Kier alpha value is -7.67. The van der Waals surface area contributed by atoms with E-state index in [9.17, 15) is 40.8 Å². The first-order chi connectivity index (χ1) is 39.3. The minimum Gasteiger partial charge on any atom is -0.481 e. The van der Waals surface area contributed by atoms with Crippen molar-refractivity contribution in [2.24, 2.45) is 5.11 Å². The van der Waals surface area contributed by atoms with Gasteiger partial charge in [-0.05, 0) is 112 Å². The number of halogens is 2. The second-order valence-electron chi connectivity index (χ2n) is 20.1. The Bertz CT molecular complexity index is 3560. The van der Waals surface area contributed by atoms with Crippen molar-refractivity contribution in [3.63, 3.8) is 0 Å². The molecule has 0 bridgehead atoms. The van der Waals surface area contributed by atoms with E-state index in [1.165, 1.54) is 93.3 Å². The lowest BCUT2D eigenvalue weighted by molar-refractivity contribution is -0.137. The lowest BCUT2D eigenvalue weighted by Gasteiger charge is -2.26. The van der Waals surface area contributed by atoms with Crippen LogP contribution in [0.25, 0.3) is 10.4 Å². The molecule has 0 radical (unpaired) electrons. The fourth-order valence-electron chi connectivity index (χ4n) is 7.44. The van der Waals surface area contributed by atoms with Gasteiger partial charge in [0.25, 0.3) is 20.0 Å². The van der Waals surface area contributed by atoms with Gasteiger partial charge in [0.05, 0.1) is 31.2 Å². The number of rotatable bonds is 24. The van der Waals surface area contributed by atoms with Crippen LogP contribution in [0.3, 0.4) is 0 Å². The zero-order valence-corrected chi connectivity index (χ0v) is 51.0. The number of hydrogen-bond acceptors (Lipinski definition) is 17. The van der Waals surface area contributed by atoms with Crippen LogP contribution in [0.4, 0.5) is 23.0 Å². The van der Waals surface area contributed by atoms with Crippen molar-refractivity contribution < 1.29 is 65.6 Å². The van der Waals surface area contributed by atoms with Gasteiger partial charge in [0.1, 0.15) is 47.9 Å². The predicted octanol–water partition coefficient (Wildman–Crippen LogP) is 10.3. The van der Waals surface area contributed by atoms with Crippen LogP contribution < -0.4 is 14.3 Å². The first-order valence-corrected chi connectivity index (χ1v) is 30.7. The Kier molecular flexibility index (Phi) is 25.2. The number of anilines is 3. The quantitative estimate of drug-likeness (QED) is 0.0109. The largest absolute Gasteiger partial charge is 0.481 e. The van der Waals surface area contributed by atoms with Crippen molar-refractivity contribution in [3.8, 4) is 0 Å². The summed E-state index contributed by atoms with van der Waals surface area (Å²) in [6.45, 7) is 11.4. The highest BCUT2D eigenvalue weighted by atomic mass is 35.5. The summed E-state index contributed by atoms with van der Waals surface area (Å²) >= 11 is 12.3. The van der Waals surface area contributed by atoms with Crippen LogP contribution in [-0.2, 0) is 54.7 Å². The molecule has 24 nitrogen and oxygen atoms in total. The molecule has 6 rings (SSSR count). The summed E-state index contributed by atoms with van der Waals surface area (Å²) in [7, 11) is -6.43. The molecule has 0 saturated carbocycles. The summed E-state index contributed by atoms with van der Waals surface area (Å²) in [6, 6.07) is 24.6. The molecule has 29 heteroatoms. The molecule has 6 aromatic rings. The van der Waals surface area contributed by atoms with Crippen molar-refractivity contribution in [3.05, 3.63) is 164 Å². The molecule has 5 N–H and O–H groups in total. The van der Waals surface area contributed by atoms with Gasteiger partial charge < -0.3 is 30.5 Å². The summed E-state index contributed by atoms with van der Waals surface area (Å²) in [6.07, 6.45) is 3.61. The lowest BCUT2D eigenvalue weighted by Crippen LogP contribution is -2.34. The van der Waals surface area contributed by atoms with E-state index in [1.807, 2.05) is 41.5 Å². The summed E-state index contributed by atoms with van der Waals surface area (Å²) in [5, 5.41) is 29.2. The predicted molar refractivity (Wildman–Crippen MR) is 319 cm³/mol. The Morgan fingerprint density at radius 3 is 1.32 bits per heavy atom. The van der Waals surface area contributed by atoms with E-state index in [2.05, 4.69) is 30.0 Å². The SMILES string of the molecule is COCN(c1cc(Cl)cnc1C(=O)c1cccc(N)n1)S(=O)(=O)c1ccc(C(C)(C)C)cc1.COCN(c1cc(Cl)cnc1C(=O)c1cccc(N=[N+]=[N-])n1)S(=O)(=O)c1ccc(C(C)(C)C)cc1.O=C(O)CCP(CCC(=O)O)CCC(=O)O. The third-order valence-corrected chi connectivity index (χ3v) is 18.3. The minimum atomic E-state index is -4.18. The van der Waals surface area contributed by atoms with Gasteiger partial charge in [0, 0.05) is 50.8 Å². The van der Waals surface area contributed by atoms with Crippen molar-refractivity contribution in [1.82, 2.24) is 19.9 Å². The fraction of sp³-hybridized carbons (Fsp3) is 0.327. The Morgan fingerprint density at radius 1 is 0.619 bits per heavy atom. The van der Waals surface area contributed by atoms with Gasteiger partial charge in [-0.2, -0.15) is 0 Å². The third-order valence-electron chi connectivity index (χ3n) is 11.8. The van der Waals surface area contributed by atoms with Gasteiger partial charge in [-0.25, -0.2) is 45.4 Å². The van der Waals surface area contributed by atoms with Crippen LogP contribution in [-0.4, -0.2) is 128 Å². The van der Waals surface area contributed by atoms with Crippen molar-refractivity contribution >= 4 is 104 Å². The highest BCUT2D eigenvalue weighted by Crippen LogP contribution is 2.38. The number of benzene rings is 2. The van der Waals surface area contributed by atoms with Gasteiger partial charge in [-0.1, -0.05) is 101 Å². The van der Waals surface area contributed by atoms with Crippen LogP contribution in [0.2, 0.25) is 10.0 Å². The van der Waals surface area contributed by atoms with Crippen molar-refractivity contribution in [2.45, 2.75) is 81.4 Å². The molecule has 0 fully saturated rings. The second-order valence-corrected chi connectivity index (χ2v) is 27.4. The number of methoxy groups -OCH3 is 2. The Balaban J connectivity index is 0.000000289. The van der Waals surface area contributed by atoms with Crippen LogP contribution in [0.15, 0.2) is 124 Å². The number of hydrogen-bond donors (Lipinski definition) is 4. The number of azide groups is 1.